The number of hydrogen-bond donors (Lipinski definition) is 2. The summed E-state index contributed by atoms with van der Waals surface area (Å²) in [7, 11) is 0. The van der Waals surface area contributed by atoms with Crippen LogP contribution < -0.4 is 15.4 Å². The zero-order chi connectivity index (χ0) is 18.8. The Bertz CT molecular complexity index is 699. The third-order valence-electron chi connectivity index (χ3n) is 3.92. The Morgan fingerprint density at radius 2 is 1.69 bits per heavy atom. The molecule has 1 unspecified atom stereocenters. The van der Waals surface area contributed by atoms with Gasteiger partial charge in [-0.15, -0.1) is 0 Å². The monoisotopic (exact) mass is 354 g/mol. The molecule has 0 aromatic heterocycles. The second kappa shape index (κ2) is 10.2. The molecular weight excluding hydrogens is 328 g/mol. The molecule has 0 fully saturated rings. The zero-order valence-electron chi connectivity index (χ0n) is 15.3. The maximum absolute atomic E-state index is 12.4. The summed E-state index contributed by atoms with van der Waals surface area (Å²) < 4.78 is 5.74. The minimum absolute atomic E-state index is 0.102. The molecule has 0 aliphatic rings. The standard InChI is InChI=1S/C21H26N2O3/c1-3-5-15-22-20(24)16-11-13-17(14-12-16)23-21(25)19(4-2)26-18-9-7-6-8-10-18/h6-14,19H,3-5,15H2,1-2H3,(H,22,24)(H,23,25). The lowest BCUT2D eigenvalue weighted by molar-refractivity contribution is -0.122. The summed E-state index contributed by atoms with van der Waals surface area (Å²) in [5.74, 6) is 0.347. The Labute approximate surface area is 154 Å². The van der Waals surface area contributed by atoms with Crippen molar-refractivity contribution in [2.24, 2.45) is 0 Å². The van der Waals surface area contributed by atoms with Crippen molar-refractivity contribution in [3.05, 3.63) is 60.2 Å². The molecular formula is C21H26N2O3. The van der Waals surface area contributed by atoms with E-state index in [0.29, 0.717) is 30.0 Å². The summed E-state index contributed by atoms with van der Waals surface area (Å²) in [5, 5.41) is 5.70. The lowest BCUT2D eigenvalue weighted by Crippen LogP contribution is -2.32. The number of ether oxygens (including phenoxy) is 1. The second-order valence-corrected chi connectivity index (χ2v) is 6.00. The van der Waals surface area contributed by atoms with Crippen molar-refractivity contribution >= 4 is 17.5 Å². The van der Waals surface area contributed by atoms with E-state index in [0.717, 1.165) is 12.8 Å². The van der Waals surface area contributed by atoms with Crippen molar-refractivity contribution in [1.29, 1.82) is 0 Å². The summed E-state index contributed by atoms with van der Waals surface area (Å²) in [4.78, 5) is 24.4. The number of benzene rings is 2. The van der Waals surface area contributed by atoms with E-state index in [4.69, 9.17) is 4.74 Å². The fourth-order valence-corrected chi connectivity index (χ4v) is 2.39. The molecule has 2 aromatic carbocycles. The van der Waals surface area contributed by atoms with E-state index in [-0.39, 0.29) is 11.8 Å². The van der Waals surface area contributed by atoms with Crippen LogP contribution in [0.4, 0.5) is 5.69 Å². The van der Waals surface area contributed by atoms with Gasteiger partial charge >= 0.3 is 0 Å². The first kappa shape index (κ1) is 19.5. The minimum atomic E-state index is -0.575. The average molecular weight is 354 g/mol. The molecule has 0 bridgehead atoms. The van der Waals surface area contributed by atoms with Gasteiger partial charge in [-0.05, 0) is 49.2 Å². The molecule has 0 saturated carbocycles. The van der Waals surface area contributed by atoms with Gasteiger partial charge in [0.1, 0.15) is 5.75 Å². The summed E-state index contributed by atoms with van der Waals surface area (Å²) in [6, 6.07) is 16.1. The van der Waals surface area contributed by atoms with Crippen molar-refractivity contribution in [3.63, 3.8) is 0 Å². The van der Waals surface area contributed by atoms with Crippen LogP contribution in [0.3, 0.4) is 0 Å². The molecule has 2 rings (SSSR count). The molecule has 0 radical (unpaired) electrons. The van der Waals surface area contributed by atoms with E-state index in [1.165, 1.54) is 0 Å². The van der Waals surface area contributed by atoms with Gasteiger partial charge in [0.15, 0.2) is 6.10 Å². The van der Waals surface area contributed by atoms with Crippen molar-refractivity contribution in [2.75, 3.05) is 11.9 Å². The van der Waals surface area contributed by atoms with E-state index in [2.05, 4.69) is 17.6 Å². The Balaban J connectivity index is 1.92. The van der Waals surface area contributed by atoms with Crippen LogP contribution >= 0.6 is 0 Å². The highest BCUT2D eigenvalue weighted by Gasteiger charge is 2.18. The number of carbonyl (C=O) groups is 2. The van der Waals surface area contributed by atoms with Crippen LogP contribution in [0.5, 0.6) is 5.75 Å². The number of unbranched alkanes of at least 4 members (excludes halogenated alkanes) is 1. The third kappa shape index (κ3) is 5.92. The molecule has 2 N–H and O–H groups in total. The van der Waals surface area contributed by atoms with Gasteiger partial charge in [0, 0.05) is 17.8 Å². The Kier molecular flexibility index (Phi) is 7.68. The van der Waals surface area contributed by atoms with E-state index >= 15 is 0 Å². The summed E-state index contributed by atoms with van der Waals surface area (Å²) in [5.41, 5.74) is 1.21. The topological polar surface area (TPSA) is 67.4 Å². The van der Waals surface area contributed by atoms with Crippen molar-refractivity contribution in [3.8, 4) is 5.75 Å². The highest BCUT2D eigenvalue weighted by Crippen LogP contribution is 2.15. The quantitative estimate of drug-likeness (QED) is 0.669. The molecule has 2 aromatic rings. The predicted molar refractivity (Wildman–Crippen MR) is 103 cm³/mol. The molecule has 5 heteroatoms. The van der Waals surface area contributed by atoms with Gasteiger partial charge in [0.2, 0.25) is 0 Å². The highest BCUT2D eigenvalue weighted by atomic mass is 16.5. The van der Waals surface area contributed by atoms with Crippen LogP contribution in [0.15, 0.2) is 54.6 Å². The number of nitrogens with one attached hydrogen (secondary N) is 2. The molecule has 0 heterocycles. The normalized spacial score (nSPS) is 11.5. The number of amides is 2. The van der Waals surface area contributed by atoms with Crippen LogP contribution in [0.25, 0.3) is 0 Å². The molecule has 0 aliphatic carbocycles. The predicted octanol–water partition coefficient (Wildman–Crippen LogP) is 4.01. The van der Waals surface area contributed by atoms with Crippen LogP contribution in [-0.2, 0) is 4.79 Å². The number of hydrogen-bond acceptors (Lipinski definition) is 3. The largest absolute Gasteiger partial charge is 0.481 e. The molecule has 0 spiro atoms. The molecule has 138 valence electrons. The first-order chi connectivity index (χ1) is 12.6. The van der Waals surface area contributed by atoms with Crippen LogP contribution in [0.1, 0.15) is 43.5 Å². The maximum Gasteiger partial charge on any atom is 0.265 e. The van der Waals surface area contributed by atoms with Crippen LogP contribution in [0.2, 0.25) is 0 Å². The van der Waals surface area contributed by atoms with Crippen molar-refractivity contribution in [1.82, 2.24) is 5.32 Å². The Morgan fingerprint density at radius 1 is 1.00 bits per heavy atom. The summed E-state index contributed by atoms with van der Waals surface area (Å²) in [6.07, 6.45) is 1.97. The average Bonchev–Trinajstić information content (AvgIpc) is 2.67. The minimum Gasteiger partial charge on any atom is -0.481 e. The van der Waals surface area contributed by atoms with Gasteiger partial charge in [-0.25, -0.2) is 0 Å². The van der Waals surface area contributed by atoms with Crippen LogP contribution in [-0.4, -0.2) is 24.5 Å². The SMILES string of the molecule is CCCCNC(=O)c1ccc(NC(=O)C(CC)Oc2ccccc2)cc1. The van der Waals surface area contributed by atoms with E-state index in [1.807, 2.05) is 37.3 Å². The number of carbonyl (C=O) groups excluding carboxylic acids is 2. The van der Waals surface area contributed by atoms with E-state index in [1.54, 1.807) is 24.3 Å². The van der Waals surface area contributed by atoms with E-state index in [9.17, 15) is 9.59 Å². The molecule has 0 aliphatic heterocycles. The van der Waals surface area contributed by atoms with Gasteiger partial charge in [0.05, 0.1) is 0 Å². The Morgan fingerprint density at radius 3 is 2.31 bits per heavy atom. The zero-order valence-corrected chi connectivity index (χ0v) is 15.3. The lowest BCUT2D eigenvalue weighted by atomic mass is 10.1. The fraction of sp³-hybridized carbons (Fsp3) is 0.333. The molecule has 2 amide bonds. The fourth-order valence-electron chi connectivity index (χ4n) is 2.39. The van der Waals surface area contributed by atoms with Gasteiger partial charge in [0.25, 0.3) is 11.8 Å². The Hall–Kier alpha value is -2.82. The van der Waals surface area contributed by atoms with Crippen LogP contribution in [0, 0.1) is 0 Å². The molecule has 1 atom stereocenters. The van der Waals surface area contributed by atoms with Crippen molar-refractivity contribution < 1.29 is 14.3 Å². The number of anilines is 1. The van der Waals surface area contributed by atoms with Gasteiger partial charge < -0.3 is 15.4 Å². The summed E-state index contributed by atoms with van der Waals surface area (Å²) >= 11 is 0. The number of rotatable bonds is 9. The second-order valence-electron chi connectivity index (χ2n) is 6.00. The smallest absolute Gasteiger partial charge is 0.265 e. The van der Waals surface area contributed by atoms with Gasteiger partial charge in [-0.1, -0.05) is 38.5 Å². The van der Waals surface area contributed by atoms with Crippen molar-refractivity contribution in [2.45, 2.75) is 39.2 Å². The van der Waals surface area contributed by atoms with Gasteiger partial charge in [-0.3, -0.25) is 9.59 Å². The first-order valence-electron chi connectivity index (χ1n) is 9.04. The third-order valence-corrected chi connectivity index (χ3v) is 3.92. The molecule has 0 saturated heterocycles. The summed E-state index contributed by atoms with van der Waals surface area (Å²) in [6.45, 7) is 4.65. The maximum atomic E-state index is 12.4. The first-order valence-corrected chi connectivity index (χ1v) is 9.04. The molecule has 5 nitrogen and oxygen atoms in total. The number of para-hydroxylation sites is 1. The lowest BCUT2D eigenvalue weighted by Gasteiger charge is -2.17. The van der Waals surface area contributed by atoms with E-state index < -0.39 is 6.10 Å². The van der Waals surface area contributed by atoms with Gasteiger partial charge in [-0.2, -0.15) is 0 Å². The highest BCUT2D eigenvalue weighted by molar-refractivity contribution is 5.96. The molecule has 26 heavy (non-hydrogen) atoms.